The van der Waals surface area contributed by atoms with Crippen LogP contribution in [-0.2, 0) is 11.3 Å². The molecular formula is C11H17N3O2. The van der Waals surface area contributed by atoms with Crippen molar-refractivity contribution in [1.29, 1.82) is 0 Å². The van der Waals surface area contributed by atoms with Gasteiger partial charge in [-0.2, -0.15) is 0 Å². The summed E-state index contributed by atoms with van der Waals surface area (Å²) in [4.78, 5) is 11.7. The molecule has 0 spiro atoms. The topological polar surface area (TPSA) is 81.2 Å². The molecule has 1 amide bonds. The van der Waals surface area contributed by atoms with E-state index in [1.54, 1.807) is 12.3 Å². The first-order valence-corrected chi connectivity index (χ1v) is 5.60. The molecule has 1 aromatic rings. The van der Waals surface area contributed by atoms with Crippen LogP contribution < -0.4 is 11.1 Å². The zero-order chi connectivity index (χ0) is 11.4. The molecular weight excluding hydrogens is 206 g/mol. The second-order valence-corrected chi connectivity index (χ2v) is 4.49. The van der Waals surface area contributed by atoms with Gasteiger partial charge in [0.05, 0.1) is 12.7 Å². The highest BCUT2D eigenvalue weighted by Crippen LogP contribution is 2.42. The van der Waals surface area contributed by atoms with Gasteiger partial charge in [0, 0.05) is 12.5 Å². The molecule has 16 heavy (non-hydrogen) atoms. The minimum absolute atomic E-state index is 0.0431. The van der Waals surface area contributed by atoms with Crippen LogP contribution in [0.4, 0.5) is 0 Å². The summed E-state index contributed by atoms with van der Waals surface area (Å²) in [5, 5.41) is 6.39. The van der Waals surface area contributed by atoms with Crippen molar-refractivity contribution in [3.63, 3.8) is 0 Å². The summed E-state index contributed by atoms with van der Waals surface area (Å²) < 4.78 is 4.89. The van der Waals surface area contributed by atoms with Crippen LogP contribution >= 0.6 is 0 Å². The number of hydrogen-bond donors (Lipinski definition) is 2. The maximum absolute atomic E-state index is 11.7. The fourth-order valence-electron chi connectivity index (χ4n) is 2.05. The van der Waals surface area contributed by atoms with Crippen molar-refractivity contribution in [3.05, 3.63) is 18.0 Å². The number of nitrogens with two attached hydrogens (primary N) is 1. The van der Waals surface area contributed by atoms with Gasteiger partial charge in [0.15, 0.2) is 5.76 Å². The van der Waals surface area contributed by atoms with E-state index >= 15 is 0 Å². The highest BCUT2D eigenvalue weighted by molar-refractivity contribution is 5.76. The predicted octanol–water partition coefficient (Wildman–Crippen LogP) is 0.810. The number of carbonyl (C=O) groups is 1. The van der Waals surface area contributed by atoms with Crippen molar-refractivity contribution in [1.82, 2.24) is 10.5 Å². The Morgan fingerprint density at radius 3 is 2.94 bits per heavy atom. The maximum atomic E-state index is 11.7. The Labute approximate surface area is 94.4 Å². The first kappa shape index (κ1) is 11.1. The van der Waals surface area contributed by atoms with Crippen molar-refractivity contribution in [2.45, 2.75) is 32.2 Å². The molecule has 1 saturated carbocycles. The Kier molecular flexibility index (Phi) is 3.24. The molecule has 0 bridgehead atoms. The standard InChI is InChI=1S/C11H17N3O2/c12-8-11(3-1-4-11)6-10(15)13-7-9-2-5-14-16-9/h2,5H,1,3-4,6-8,12H2,(H,13,15). The second kappa shape index (κ2) is 4.65. The zero-order valence-corrected chi connectivity index (χ0v) is 9.24. The summed E-state index contributed by atoms with van der Waals surface area (Å²) in [5.41, 5.74) is 5.76. The Balaban J connectivity index is 1.76. The van der Waals surface area contributed by atoms with Gasteiger partial charge in [-0.15, -0.1) is 0 Å². The van der Waals surface area contributed by atoms with Crippen molar-refractivity contribution < 1.29 is 9.32 Å². The van der Waals surface area contributed by atoms with Crippen LogP contribution in [0, 0.1) is 5.41 Å². The minimum Gasteiger partial charge on any atom is -0.360 e. The fraction of sp³-hybridized carbons (Fsp3) is 0.636. The third kappa shape index (κ3) is 2.41. The van der Waals surface area contributed by atoms with E-state index in [1.807, 2.05) is 0 Å². The number of amides is 1. The molecule has 0 aromatic carbocycles. The Bertz CT molecular complexity index is 339. The Hall–Kier alpha value is -1.36. The molecule has 0 unspecified atom stereocenters. The van der Waals surface area contributed by atoms with Gasteiger partial charge in [-0.1, -0.05) is 11.6 Å². The number of nitrogens with zero attached hydrogens (tertiary/aromatic N) is 1. The number of aromatic nitrogens is 1. The molecule has 3 N–H and O–H groups in total. The maximum Gasteiger partial charge on any atom is 0.220 e. The van der Waals surface area contributed by atoms with Crippen LogP contribution in [-0.4, -0.2) is 17.6 Å². The largest absolute Gasteiger partial charge is 0.360 e. The molecule has 1 aromatic heterocycles. The van der Waals surface area contributed by atoms with Crippen molar-refractivity contribution in [2.75, 3.05) is 6.54 Å². The fourth-order valence-corrected chi connectivity index (χ4v) is 2.05. The van der Waals surface area contributed by atoms with E-state index in [9.17, 15) is 4.79 Å². The monoisotopic (exact) mass is 223 g/mol. The molecule has 1 heterocycles. The SMILES string of the molecule is NCC1(CC(=O)NCc2ccno2)CCC1. The average molecular weight is 223 g/mol. The molecule has 0 aliphatic heterocycles. The van der Waals surface area contributed by atoms with E-state index in [1.165, 1.54) is 6.42 Å². The van der Waals surface area contributed by atoms with E-state index in [0.29, 0.717) is 25.3 Å². The number of rotatable bonds is 5. The Morgan fingerprint density at radius 1 is 1.62 bits per heavy atom. The van der Waals surface area contributed by atoms with Gasteiger partial charge >= 0.3 is 0 Å². The second-order valence-electron chi connectivity index (χ2n) is 4.49. The highest BCUT2D eigenvalue weighted by atomic mass is 16.5. The number of carbonyl (C=O) groups excluding carboxylic acids is 1. The van der Waals surface area contributed by atoms with E-state index in [4.69, 9.17) is 10.3 Å². The third-order valence-electron chi connectivity index (χ3n) is 3.33. The molecule has 88 valence electrons. The Morgan fingerprint density at radius 2 is 2.44 bits per heavy atom. The smallest absolute Gasteiger partial charge is 0.220 e. The summed E-state index contributed by atoms with van der Waals surface area (Å²) in [6.07, 6.45) is 5.41. The van der Waals surface area contributed by atoms with E-state index in [2.05, 4.69) is 10.5 Å². The van der Waals surface area contributed by atoms with Gasteiger partial charge in [-0.05, 0) is 24.8 Å². The number of hydrogen-bond acceptors (Lipinski definition) is 4. The summed E-state index contributed by atoms with van der Waals surface area (Å²) in [5.74, 6) is 0.713. The van der Waals surface area contributed by atoms with Gasteiger partial charge in [0.1, 0.15) is 0 Å². The van der Waals surface area contributed by atoms with Crippen LogP contribution in [0.2, 0.25) is 0 Å². The highest BCUT2D eigenvalue weighted by Gasteiger charge is 2.37. The van der Waals surface area contributed by atoms with Crippen LogP contribution in [0.1, 0.15) is 31.4 Å². The molecule has 1 aliphatic rings. The lowest BCUT2D eigenvalue weighted by Crippen LogP contribution is -2.41. The first-order valence-electron chi connectivity index (χ1n) is 5.60. The van der Waals surface area contributed by atoms with E-state index in [0.717, 1.165) is 12.8 Å². The molecule has 1 fully saturated rings. The van der Waals surface area contributed by atoms with E-state index < -0.39 is 0 Å². The molecule has 5 nitrogen and oxygen atoms in total. The average Bonchev–Trinajstić information content (AvgIpc) is 2.73. The van der Waals surface area contributed by atoms with Gasteiger partial charge in [0.2, 0.25) is 5.91 Å². The van der Waals surface area contributed by atoms with Crippen molar-refractivity contribution in [2.24, 2.45) is 11.1 Å². The lowest BCUT2D eigenvalue weighted by Gasteiger charge is -2.40. The van der Waals surface area contributed by atoms with Crippen LogP contribution in [0.5, 0.6) is 0 Å². The van der Waals surface area contributed by atoms with Gasteiger partial charge in [-0.25, -0.2) is 0 Å². The molecule has 5 heteroatoms. The molecule has 1 aliphatic carbocycles. The van der Waals surface area contributed by atoms with Crippen LogP contribution in [0.3, 0.4) is 0 Å². The van der Waals surface area contributed by atoms with Gasteiger partial charge < -0.3 is 15.6 Å². The lowest BCUT2D eigenvalue weighted by atomic mass is 9.66. The van der Waals surface area contributed by atoms with Crippen LogP contribution in [0.25, 0.3) is 0 Å². The van der Waals surface area contributed by atoms with Crippen molar-refractivity contribution >= 4 is 5.91 Å². The quantitative estimate of drug-likeness (QED) is 0.774. The summed E-state index contributed by atoms with van der Waals surface area (Å²) in [6, 6.07) is 1.74. The molecule has 2 rings (SSSR count). The molecule has 0 radical (unpaired) electrons. The summed E-state index contributed by atoms with van der Waals surface area (Å²) in [7, 11) is 0. The summed E-state index contributed by atoms with van der Waals surface area (Å²) in [6.45, 7) is 1.00. The van der Waals surface area contributed by atoms with Crippen LogP contribution in [0.15, 0.2) is 16.8 Å². The lowest BCUT2D eigenvalue weighted by molar-refractivity contribution is -0.125. The third-order valence-corrected chi connectivity index (χ3v) is 3.33. The summed E-state index contributed by atoms with van der Waals surface area (Å²) >= 11 is 0. The minimum atomic E-state index is 0.0431. The number of nitrogens with one attached hydrogen (secondary N) is 1. The normalized spacial score (nSPS) is 17.8. The van der Waals surface area contributed by atoms with Gasteiger partial charge in [0.25, 0.3) is 0 Å². The molecule has 0 saturated heterocycles. The van der Waals surface area contributed by atoms with Crippen molar-refractivity contribution in [3.8, 4) is 0 Å². The molecule has 0 atom stereocenters. The predicted molar refractivity (Wildman–Crippen MR) is 58.3 cm³/mol. The van der Waals surface area contributed by atoms with Gasteiger partial charge in [-0.3, -0.25) is 4.79 Å². The first-order chi connectivity index (χ1) is 7.74. The van der Waals surface area contributed by atoms with E-state index in [-0.39, 0.29) is 11.3 Å². The zero-order valence-electron chi connectivity index (χ0n) is 9.24.